The van der Waals surface area contributed by atoms with Crippen LogP contribution in [0, 0.1) is 0 Å². The van der Waals surface area contributed by atoms with Crippen LogP contribution in [0.4, 0.5) is 0 Å². The summed E-state index contributed by atoms with van der Waals surface area (Å²) >= 11 is 0. The number of guanidine groups is 1. The van der Waals surface area contributed by atoms with E-state index in [1.165, 1.54) is 5.56 Å². The summed E-state index contributed by atoms with van der Waals surface area (Å²) in [4.78, 5) is 9.04. The van der Waals surface area contributed by atoms with E-state index in [9.17, 15) is 0 Å². The summed E-state index contributed by atoms with van der Waals surface area (Å²) in [6.45, 7) is 4.55. The number of nitrogens with one attached hydrogen (secondary N) is 2. The van der Waals surface area contributed by atoms with Gasteiger partial charge in [0.1, 0.15) is 6.61 Å². The first kappa shape index (κ1) is 22.7. The summed E-state index contributed by atoms with van der Waals surface area (Å²) in [5, 5.41) is 6.64. The van der Waals surface area contributed by atoms with Gasteiger partial charge in [-0.05, 0) is 24.1 Å². The van der Waals surface area contributed by atoms with Crippen LogP contribution in [0.25, 0.3) is 0 Å². The number of aliphatic imine (C=N–C) groups is 1. The number of rotatable bonds is 8. The van der Waals surface area contributed by atoms with E-state index in [0.717, 1.165) is 23.6 Å². The highest BCUT2D eigenvalue weighted by molar-refractivity contribution is 14.0. The summed E-state index contributed by atoms with van der Waals surface area (Å²) in [5.41, 5.74) is 3.28. The lowest BCUT2D eigenvalue weighted by atomic mass is 10.2. The second-order valence-electron chi connectivity index (χ2n) is 6.28. The molecule has 3 rings (SSSR count). The highest BCUT2D eigenvalue weighted by atomic mass is 127. The van der Waals surface area contributed by atoms with E-state index in [1.54, 1.807) is 6.20 Å². The SMILES string of the molecule is CCNC(=NCc1ccccc1)NCc1cccnc1OCc1ccccc1.I. The Morgan fingerprint density at radius 3 is 2.28 bits per heavy atom. The van der Waals surface area contributed by atoms with Gasteiger partial charge in [0.15, 0.2) is 5.96 Å². The highest BCUT2D eigenvalue weighted by Gasteiger charge is 2.06. The molecule has 29 heavy (non-hydrogen) atoms. The summed E-state index contributed by atoms with van der Waals surface area (Å²) < 4.78 is 5.93. The topological polar surface area (TPSA) is 58.5 Å². The van der Waals surface area contributed by atoms with Crippen molar-refractivity contribution in [2.24, 2.45) is 4.99 Å². The number of nitrogens with zero attached hydrogens (tertiary/aromatic N) is 2. The van der Waals surface area contributed by atoms with Crippen LogP contribution in [0.15, 0.2) is 84.0 Å². The number of hydrogen-bond acceptors (Lipinski definition) is 3. The minimum atomic E-state index is 0. The number of aromatic nitrogens is 1. The van der Waals surface area contributed by atoms with Gasteiger partial charge in [0.2, 0.25) is 5.88 Å². The predicted octanol–water partition coefficient (Wildman–Crippen LogP) is 4.53. The highest BCUT2D eigenvalue weighted by Crippen LogP contribution is 2.16. The van der Waals surface area contributed by atoms with Crippen LogP contribution >= 0.6 is 24.0 Å². The fraction of sp³-hybridized carbons (Fsp3) is 0.217. The molecule has 0 spiro atoms. The smallest absolute Gasteiger partial charge is 0.218 e. The van der Waals surface area contributed by atoms with E-state index < -0.39 is 0 Å². The molecule has 3 aromatic rings. The molecule has 2 N–H and O–H groups in total. The van der Waals surface area contributed by atoms with Crippen molar-refractivity contribution in [2.75, 3.05) is 6.54 Å². The molecule has 0 saturated heterocycles. The van der Waals surface area contributed by atoms with E-state index >= 15 is 0 Å². The number of halogens is 1. The van der Waals surface area contributed by atoms with Gasteiger partial charge in [0, 0.05) is 24.8 Å². The third-order valence-corrected chi connectivity index (χ3v) is 4.12. The first-order valence-corrected chi connectivity index (χ1v) is 9.52. The molecule has 1 heterocycles. The third-order valence-electron chi connectivity index (χ3n) is 4.12. The number of pyridine rings is 1. The van der Waals surface area contributed by atoms with Crippen LogP contribution in [0.5, 0.6) is 5.88 Å². The Balaban J connectivity index is 0.00000300. The minimum absolute atomic E-state index is 0. The molecule has 6 heteroatoms. The Bertz CT molecular complexity index is 872. The molecule has 0 bridgehead atoms. The Kier molecular flexibility index (Phi) is 9.99. The van der Waals surface area contributed by atoms with E-state index in [-0.39, 0.29) is 24.0 Å². The lowest BCUT2D eigenvalue weighted by Crippen LogP contribution is -2.36. The van der Waals surface area contributed by atoms with Crippen molar-refractivity contribution >= 4 is 29.9 Å². The quantitative estimate of drug-likeness (QED) is 0.270. The van der Waals surface area contributed by atoms with Gasteiger partial charge in [-0.25, -0.2) is 9.98 Å². The first-order chi connectivity index (χ1) is 13.8. The zero-order valence-corrected chi connectivity index (χ0v) is 18.9. The molecule has 0 saturated carbocycles. The molecule has 0 radical (unpaired) electrons. The lowest BCUT2D eigenvalue weighted by molar-refractivity contribution is 0.290. The standard InChI is InChI=1S/C23H26N4O.HI/c1-2-24-23(26-16-19-10-5-3-6-11-19)27-17-21-14-9-15-25-22(21)28-18-20-12-7-4-8-13-20;/h3-15H,2,16-18H2,1H3,(H2,24,26,27);1H. The number of hydrogen-bond donors (Lipinski definition) is 2. The molecule has 0 aliphatic heterocycles. The Labute approximate surface area is 189 Å². The molecule has 2 aromatic carbocycles. The molecular formula is C23H27IN4O. The van der Waals surface area contributed by atoms with Crippen molar-refractivity contribution in [2.45, 2.75) is 26.6 Å². The van der Waals surface area contributed by atoms with Gasteiger partial charge < -0.3 is 15.4 Å². The van der Waals surface area contributed by atoms with Gasteiger partial charge in [-0.1, -0.05) is 66.7 Å². The fourth-order valence-corrected chi connectivity index (χ4v) is 2.69. The number of ether oxygens (including phenoxy) is 1. The van der Waals surface area contributed by atoms with E-state index in [0.29, 0.717) is 25.6 Å². The first-order valence-electron chi connectivity index (χ1n) is 9.52. The van der Waals surface area contributed by atoms with Gasteiger partial charge in [0.25, 0.3) is 0 Å². The summed E-state index contributed by atoms with van der Waals surface area (Å²) in [6, 6.07) is 24.2. The molecule has 0 fully saturated rings. The van der Waals surface area contributed by atoms with Gasteiger partial charge in [-0.15, -0.1) is 24.0 Å². The third kappa shape index (κ3) is 7.73. The molecule has 0 aliphatic carbocycles. The maximum absolute atomic E-state index is 5.93. The number of benzene rings is 2. The van der Waals surface area contributed by atoms with Crippen molar-refractivity contribution in [1.29, 1.82) is 0 Å². The van der Waals surface area contributed by atoms with Gasteiger partial charge >= 0.3 is 0 Å². The zero-order chi connectivity index (χ0) is 19.4. The van der Waals surface area contributed by atoms with Gasteiger partial charge in [0.05, 0.1) is 6.54 Å². The van der Waals surface area contributed by atoms with E-state index in [4.69, 9.17) is 4.74 Å². The average Bonchev–Trinajstić information content (AvgIpc) is 2.76. The molecule has 0 amide bonds. The average molecular weight is 502 g/mol. The fourth-order valence-electron chi connectivity index (χ4n) is 2.69. The van der Waals surface area contributed by atoms with Crippen LogP contribution in [-0.4, -0.2) is 17.5 Å². The Hall–Kier alpha value is -2.61. The van der Waals surface area contributed by atoms with Crippen LogP contribution in [0.2, 0.25) is 0 Å². The van der Waals surface area contributed by atoms with Crippen LogP contribution in [0.1, 0.15) is 23.6 Å². The molecule has 0 unspecified atom stereocenters. The molecule has 1 aromatic heterocycles. The van der Waals surface area contributed by atoms with Crippen molar-refractivity contribution < 1.29 is 4.74 Å². The Morgan fingerprint density at radius 2 is 1.59 bits per heavy atom. The second-order valence-corrected chi connectivity index (χ2v) is 6.28. The maximum atomic E-state index is 5.93. The maximum Gasteiger partial charge on any atom is 0.218 e. The van der Waals surface area contributed by atoms with Crippen molar-refractivity contribution in [3.8, 4) is 5.88 Å². The van der Waals surface area contributed by atoms with Crippen LogP contribution in [-0.2, 0) is 19.7 Å². The van der Waals surface area contributed by atoms with Crippen molar-refractivity contribution in [3.05, 3.63) is 95.7 Å². The molecule has 5 nitrogen and oxygen atoms in total. The summed E-state index contributed by atoms with van der Waals surface area (Å²) in [5.74, 6) is 1.40. The van der Waals surface area contributed by atoms with Gasteiger partial charge in [-0.2, -0.15) is 0 Å². The zero-order valence-electron chi connectivity index (χ0n) is 16.5. The van der Waals surface area contributed by atoms with Crippen LogP contribution in [0.3, 0.4) is 0 Å². The van der Waals surface area contributed by atoms with E-state index in [2.05, 4.69) is 39.7 Å². The monoisotopic (exact) mass is 502 g/mol. The molecule has 0 aliphatic rings. The molecule has 0 atom stereocenters. The Morgan fingerprint density at radius 1 is 0.897 bits per heavy atom. The minimum Gasteiger partial charge on any atom is -0.473 e. The largest absolute Gasteiger partial charge is 0.473 e. The van der Waals surface area contributed by atoms with Crippen molar-refractivity contribution in [1.82, 2.24) is 15.6 Å². The summed E-state index contributed by atoms with van der Waals surface area (Å²) in [6.07, 6.45) is 1.75. The summed E-state index contributed by atoms with van der Waals surface area (Å²) in [7, 11) is 0. The second kappa shape index (κ2) is 12.8. The molecule has 152 valence electrons. The normalized spacial score (nSPS) is 10.7. The van der Waals surface area contributed by atoms with Crippen LogP contribution < -0.4 is 15.4 Å². The van der Waals surface area contributed by atoms with Gasteiger partial charge in [-0.3, -0.25) is 0 Å². The van der Waals surface area contributed by atoms with E-state index in [1.807, 2.05) is 60.7 Å². The lowest BCUT2D eigenvalue weighted by Gasteiger charge is -2.14. The molecular weight excluding hydrogens is 475 g/mol. The predicted molar refractivity (Wildman–Crippen MR) is 129 cm³/mol. The van der Waals surface area contributed by atoms with Crippen molar-refractivity contribution in [3.63, 3.8) is 0 Å².